The van der Waals surface area contributed by atoms with Crippen LogP contribution in [0.1, 0.15) is 23.4 Å². The summed E-state index contributed by atoms with van der Waals surface area (Å²) in [4.78, 5) is 4.21. The Morgan fingerprint density at radius 3 is 2.73 bits per heavy atom. The average molecular weight is 215 g/mol. The maximum Gasteiger partial charge on any atom is 0.115 e. The van der Waals surface area contributed by atoms with Crippen LogP contribution in [-0.4, -0.2) is 4.98 Å². The molecule has 0 aliphatic heterocycles. The van der Waals surface area contributed by atoms with Crippen LogP contribution in [0.15, 0.2) is 48.0 Å². The predicted octanol–water partition coefficient (Wildman–Crippen LogP) is 3.96. The van der Waals surface area contributed by atoms with E-state index in [1.165, 1.54) is 5.56 Å². The molecule has 0 saturated heterocycles. The fourth-order valence-electron chi connectivity index (χ4n) is 1.41. The van der Waals surface area contributed by atoms with Crippen molar-refractivity contribution < 1.29 is 0 Å². The highest BCUT2D eigenvalue weighted by Gasteiger charge is 1.99. The smallest absolute Gasteiger partial charge is 0.115 e. The Balaban J connectivity index is 2.07. The van der Waals surface area contributed by atoms with E-state index in [9.17, 15) is 0 Å². The van der Waals surface area contributed by atoms with Crippen molar-refractivity contribution in [3.8, 4) is 0 Å². The summed E-state index contributed by atoms with van der Waals surface area (Å²) in [6, 6.07) is 10.5. The Hall–Kier alpha value is -1.41. The summed E-state index contributed by atoms with van der Waals surface area (Å²) < 4.78 is 0. The zero-order valence-electron chi connectivity index (χ0n) is 8.63. The lowest BCUT2D eigenvalue weighted by atomic mass is 10.0. The molecular weight excluding hydrogens is 202 g/mol. The van der Waals surface area contributed by atoms with E-state index in [1.54, 1.807) is 11.3 Å². The van der Waals surface area contributed by atoms with Gasteiger partial charge in [-0.25, -0.2) is 4.98 Å². The van der Waals surface area contributed by atoms with Crippen molar-refractivity contribution in [1.82, 2.24) is 4.98 Å². The van der Waals surface area contributed by atoms with Gasteiger partial charge in [-0.2, -0.15) is 0 Å². The van der Waals surface area contributed by atoms with Gasteiger partial charge in [0.15, 0.2) is 0 Å². The van der Waals surface area contributed by atoms with E-state index < -0.39 is 0 Å². The monoisotopic (exact) mass is 215 g/mol. The predicted molar refractivity (Wildman–Crippen MR) is 66.0 cm³/mol. The van der Waals surface area contributed by atoms with Crippen LogP contribution in [0, 0.1) is 0 Å². The molecule has 0 N–H and O–H groups in total. The molecule has 0 bridgehead atoms. The topological polar surface area (TPSA) is 12.9 Å². The molecule has 0 amide bonds. The Bertz CT molecular complexity index is 417. The summed E-state index contributed by atoms with van der Waals surface area (Å²) in [5.41, 5.74) is 1.34. The van der Waals surface area contributed by atoms with Crippen molar-refractivity contribution in [2.45, 2.75) is 12.8 Å². The van der Waals surface area contributed by atoms with Crippen LogP contribution in [0.3, 0.4) is 0 Å². The summed E-state index contributed by atoms with van der Waals surface area (Å²) in [6.45, 7) is 2.19. The highest BCUT2D eigenvalue weighted by Crippen LogP contribution is 2.17. The van der Waals surface area contributed by atoms with Gasteiger partial charge in [0.05, 0.1) is 0 Å². The fourth-order valence-corrected chi connectivity index (χ4v) is 1.95. The first kappa shape index (κ1) is 10.1. The highest BCUT2D eigenvalue weighted by atomic mass is 32.1. The number of hydrogen-bond donors (Lipinski definition) is 0. The molecule has 1 unspecified atom stereocenters. The second kappa shape index (κ2) is 4.89. The Kier molecular flexibility index (Phi) is 3.30. The van der Waals surface area contributed by atoms with E-state index in [4.69, 9.17) is 0 Å². The molecule has 1 aromatic carbocycles. The molecule has 15 heavy (non-hydrogen) atoms. The number of thiazole rings is 1. The third-order valence-corrected chi connectivity index (χ3v) is 3.05. The minimum atomic E-state index is 0.440. The van der Waals surface area contributed by atoms with E-state index in [0.717, 1.165) is 5.01 Å². The molecule has 1 nitrogen and oxygen atoms in total. The van der Waals surface area contributed by atoms with Crippen molar-refractivity contribution in [2.75, 3.05) is 0 Å². The van der Waals surface area contributed by atoms with E-state index in [0.29, 0.717) is 5.92 Å². The van der Waals surface area contributed by atoms with Crippen LogP contribution >= 0.6 is 11.3 Å². The lowest BCUT2D eigenvalue weighted by Gasteiger charge is -2.04. The fraction of sp³-hybridized carbons (Fsp3) is 0.154. The molecule has 0 radical (unpaired) electrons. The molecule has 0 aliphatic rings. The standard InChI is InChI=1S/C13H13NS/c1-11(12-5-3-2-4-6-12)7-8-13-14-9-10-15-13/h2-11H,1H3/b8-7+. The van der Waals surface area contributed by atoms with Gasteiger partial charge in [0.1, 0.15) is 5.01 Å². The summed E-state index contributed by atoms with van der Waals surface area (Å²) in [7, 11) is 0. The molecule has 2 aromatic rings. The lowest BCUT2D eigenvalue weighted by Crippen LogP contribution is -1.87. The zero-order valence-corrected chi connectivity index (χ0v) is 9.45. The maximum atomic E-state index is 4.21. The number of benzene rings is 1. The first-order valence-corrected chi connectivity index (χ1v) is 5.87. The van der Waals surface area contributed by atoms with Crippen LogP contribution in [-0.2, 0) is 0 Å². The van der Waals surface area contributed by atoms with Gasteiger partial charge in [-0.1, -0.05) is 43.3 Å². The van der Waals surface area contributed by atoms with Crippen molar-refractivity contribution in [2.24, 2.45) is 0 Å². The van der Waals surface area contributed by atoms with Crippen LogP contribution < -0.4 is 0 Å². The highest BCUT2D eigenvalue weighted by molar-refractivity contribution is 7.10. The molecule has 0 spiro atoms. The number of hydrogen-bond acceptors (Lipinski definition) is 2. The maximum absolute atomic E-state index is 4.21. The zero-order chi connectivity index (χ0) is 10.5. The normalized spacial score (nSPS) is 13.1. The number of aromatic nitrogens is 1. The van der Waals surface area contributed by atoms with Crippen LogP contribution in [0.2, 0.25) is 0 Å². The van der Waals surface area contributed by atoms with Gasteiger partial charge in [-0.3, -0.25) is 0 Å². The second-order valence-corrected chi connectivity index (χ2v) is 4.35. The molecule has 1 aromatic heterocycles. The first-order valence-electron chi connectivity index (χ1n) is 4.99. The molecule has 0 fully saturated rings. The van der Waals surface area contributed by atoms with E-state index in [-0.39, 0.29) is 0 Å². The number of rotatable bonds is 3. The van der Waals surface area contributed by atoms with Crippen molar-refractivity contribution in [3.63, 3.8) is 0 Å². The van der Waals surface area contributed by atoms with Gasteiger partial charge < -0.3 is 0 Å². The van der Waals surface area contributed by atoms with Gasteiger partial charge in [-0.05, 0) is 17.6 Å². The molecule has 1 atom stereocenters. The summed E-state index contributed by atoms with van der Waals surface area (Å²) in [6.07, 6.45) is 6.11. The number of allylic oxidation sites excluding steroid dienone is 1. The van der Waals surface area contributed by atoms with Gasteiger partial charge in [0.25, 0.3) is 0 Å². The van der Waals surface area contributed by atoms with Gasteiger partial charge in [0, 0.05) is 11.6 Å². The molecule has 2 rings (SSSR count). The molecular formula is C13H13NS. The van der Waals surface area contributed by atoms with Crippen molar-refractivity contribution in [1.29, 1.82) is 0 Å². The molecule has 0 aliphatic carbocycles. The quantitative estimate of drug-likeness (QED) is 0.755. The second-order valence-electron chi connectivity index (χ2n) is 3.43. The molecule has 2 heteroatoms. The third-order valence-electron chi connectivity index (χ3n) is 2.30. The largest absolute Gasteiger partial charge is 0.245 e. The Labute approximate surface area is 94.1 Å². The Morgan fingerprint density at radius 2 is 2.07 bits per heavy atom. The van der Waals surface area contributed by atoms with Crippen molar-refractivity contribution >= 4 is 17.4 Å². The van der Waals surface area contributed by atoms with Gasteiger partial charge in [-0.15, -0.1) is 11.3 Å². The molecule has 1 heterocycles. The van der Waals surface area contributed by atoms with Gasteiger partial charge in [0.2, 0.25) is 0 Å². The molecule has 0 saturated carbocycles. The number of nitrogens with zero attached hydrogens (tertiary/aromatic N) is 1. The minimum absolute atomic E-state index is 0.440. The lowest BCUT2D eigenvalue weighted by molar-refractivity contribution is 0.973. The van der Waals surface area contributed by atoms with Crippen molar-refractivity contribution in [3.05, 3.63) is 58.6 Å². The average Bonchev–Trinajstić information content (AvgIpc) is 2.80. The minimum Gasteiger partial charge on any atom is -0.245 e. The molecule has 76 valence electrons. The van der Waals surface area contributed by atoms with Gasteiger partial charge >= 0.3 is 0 Å². The SMILES string of the molecule is CC(/C=C/c1nccs1)c1ccccc1. The Morgan fingerprint density at radius 1 is 1.27 bits per heavy atom. The van der Waals surface area contributed by atoms with Crippen LogP contribution in [0.4, 0.5) is 0 Å². The summed E-state index contributed by atoms with van der Waals surface area (Å²) >= 11 is 1.66. The third kappa shape index (κ3) is 2.77. The van der Waals surface area contributed by atoms with E-state index in [1.807, 2.05) is 17.6 Å². The summed E-state index contributed by atoms with van der Waals surface area (Å²) in [5.74, 6) is 0.440. The van der Waals surface area contributed by atoms with Crippen LogP contribution in [0.5, 0.6) is 0 Å². The van der Waals surface area contributed by atoms with Crippen LogP contribution in [0.25, 0.3) is 6.08 Å². The van der Waals surface area contributed by atoms with E-state index in [2.05, 4.69) is 48.3 Å². The van der Waals surface area contributed by atoms with E-state index >= 15 is 0 Å². The first-order chi connectivity index (χ1) is 7.36. The summed E-state index contributed by atoms with van der Waals surface area (Å²) in [5, 5.41) is 3.06.